The molecule has 0 radical (unpaired) electrons. The van der Waals surface area contributed by atoms with Crippen LogP contribution in [0.5, 0.6) is 0 Å². The number of carbonyl (C=O) groups excluding carboxylic acids is 3. The summed E-state index contributed by atoms with van der Waals surface area (Å²) in [7, 11) is 0. The minimum Gasteiger partial charge on any atom is -0.342 e. The minimum atomic E-state index is -0.905. The summed E-state index contributed by atoms with van der Waals surface area (Å²) < 4.78 is 0. The first-order chi connectivity index (χ1) is 14.6. The molecule has 30 heavy (non-hydrogen) atoms. The molecule has 1 aromatic heterocycles. The summed E-state index contributed by atoms with van der Waals surface area (Å²) in [5, 5.41) is 5.10. The average molecular weight is 400 g/mol. The van der Waals surface area contributed by atoms with Gasteiger partial charge in [-0.15, -0.1) is 0 Å². The fourth-order valence-corrected chi connectivity index (χ4v) is 3.40. The van der Waals surface area contributed by atoms with Crippen molar-refractivity contribution in [3.8, 4) is 0 Å². The Balaban J connectivity index is 1.46. The highest BCUT2D eigenvalue weighted by atomic mass is 16.2. The van der Waals surface area contributed by atoms with E-state index in [4.69, 9.17) is 0 Å². The number of hydrogen-bond donors (Lipinski definition) is 2. The van der Waals surface area contributed by atoms with Crippen molar-refractivity contribution in [2.24, 2.45) is 0 Å². The van der Waals surface area contributed by atoms with Crippen LogP contribution in [0.15, 0.2) is 79.0 Å². The SMILES string of the molecule is O=C(NCc1ccccn1)C(=O)N[C@@H]1C(=O)N(Cc2ccccc2)c2ccccc21. The molecule has 150 valence electrons. The van der Waals surface area contributed by atoms with Crippen LogP contribution in [0.25, 0.3) is 0 Å². The van der Waals surface area contributed by atoms with Gasteiger partial charge >= 0.3 is 11.8 Å². The van der Waals surface area contributed by atoms with Crippen LogP contribution in [0.4, 0.5) is 5.69 Å². The Morgan fingerprint density at radius 1 is 0.900 bits per heavy atom. The lowest BCUT2D eigenvalue weighted by Crippen LogP contribution is -2.44. The molecule has 3 aromatic rings. The Bertz CT molecular complexity index is 1070. The molecular weight excluding hydrogens is 380 g/mol. The van der Waals surface area contributed by atoms with Crippen LogP contribution < -0.4 is 15.5 Å². The zero-order valence-corrected chi connectivity index (χ0v) is 16.1. The Morgan fingerprint density at radius 2 is 1.63 bits per heavy atom. The molecule has 1 atom stereocenters. The first-order valence-corrected chi connectivity index (χ1v) is 9.56. The molecule has 0 saturated carbocycles. The van der Waals surface area contributed by atoms with Crippen LogP contribution >= 0.6 is 0 Å². The van der Waals surface area contributed by atoms with Crippen molar-refractivity contribution in [1.82, 2.24) is 15.6 Å². The van der Waals surface area contributed by atoms with Gasteiger partial charge in [-0.1, -0.05) is 54.6 Å². The zero-order chi connectivity index (χ0) is 20.9. The predicted molar refractivity (Wildman–Crippen MR) is 111 cm³/mol. The second-order valence-electron chi connectivity index (χ2n) is 6.88. The van der Waals surface area contributed by atoms with E-state index in [1.54, 1.807) is 41.4 Å². The molecule has 4 rings (SSSR count). The molecule has 0 aliphatic carbocycles. The number of rotatable bonds is 5. The molecular formula is C23H20N4O3. The van der Waals surface area contributed by atoms with Crippen molar-refractivity contribution in [3.05, 3.63) is 95.8 Å². The van der Waals surface area contributed by atoms with Gasteiger partial charge in [-0.05, 0) is 23.8 Å². The van der Waals surface area contributed by atoms with Gasteiger partial charge in [0.05, 0.1) is 18.8 Å². The van der Waals surface area contributed by atoms with E-state index in [0.717, 1.165) is 11.3 Å². The van der Waals surface area contributed by atoms with Crippen LogP contribution in [-0.2, 0) is 27.5 Å². The number of para-hydroxylation sites is 1. The van der Waals surface area contributed by atoms with E-state index in [1.807, 2.05) is 42.5 Å². The van der Waals surface area contributed by atoms with Crippen LogP contribution in [-0.4, -0.2) is 22.7 Å². The molecule has 2 aromatic carbocycles. The molecule has 2 heterocycles. The average Bonchev–Trinajstić information content (AvgIpc) is 3.05. The lowest BCUT2D eigenvalue weighted by molar-refractivity contribution is -0.140. The number of fused-ring (bicyclic) bond motifs is 1. The van der Waals surface area contributed by atoms with Crippen molar-refractivity contribution >= 4 is 23.4 Å². The van der Waals surface area contributed by atoms with Gasteiger partial charge in [0.25, 0.3) is 5.91 Å². The molecule has 3 amide bonds. The lowest BCUT2D eigenvalue weighted by atomic mass is 10.1. The van der Waals surface area contributed by atoms with Crippen LogP contribution in [0.3, 0.4) is 0 Å². The highest BCUT2D eigenvalue weighted by Gasteiger charge is 2.38. The summed E-state index contributed by atoms with van der Waals surface area (Å²) in [6, 6.07) is 21.3. The third-order valence-corrected chi connectivity index (χ3v) is 4.87. The fourth-order valence-electron chi connectivity index (χ4n) is 3.40. The maximum absolute atomic E-state index is 13.1. The summed E-state index contributed by atoms with van der Waals surface area (Å²) in [5.74, 6) is -1.95. The molecule has 7 heteroatoms. The number of nitrogens with one attached hydrogen (secondary N) is 2. The molecule has 2 N–H and O–H groups in total. The van der Waals surface area contributed by atoms with Gasteiger partial charge in [0, 0.05) is 17.4 Å². The van der Waals surface area contributed by atoms with Gasteiger partial charge in [-0.25, -0.2) is 0 Å². The zero-order valence-electron chi connectivity index (χ0n) is 16.1. The quantitative estimate of drug-likeness (QED) is 0.642. The molecule has 7 nitrogen and oxygen atoms in total. The number of benzene rings is 2. The summed E-state index contributed by atoms with van der Waals surface area (Å²) in [6.45, 7) is 0.511. The fraction of sp³-hybridized carbons (Fsp3) is 0.130. The lowest BCUT2D eigenvalue weighted by Gasteiger charge is -2.18. The van der Waals surface area contributed by atoms with E-state index < -0.39 is 17.9 Å². The maximum atomic E-state index is 13.1. The smallest absolute Gasteiger partial charge is 0.310 e. The van der Waals surface area contributed by atoms with Crippen molar-refractivity contribution in [2.75, 3.05) is 4.90 Å². The van der Waals surface area contributed by atoms with E-state index >= 15 is 0 Å². The minimum absolute atomic E-state index is 0.127. The first-order valence-electron chi connectivity index (χ1n) is 9.56. The van der Waals surface area contributed by atoms with Gasteiger partial charge in [0.1, 0.15) is 6.04 Å². The van der Waals surface area contributed by atoms with Crippen LogP contribution in [0.1, 0.15) is 22.9 Å². The molecule has 0 bridgehead atoms. The number of hydrogen-bond acceptors (Lipinski definition) is 4. The standard InChI is InChI=1S/C23H20N4O3/c28-21(25-14-17-10-6-7-13-24-17)22(29)26-20-18-11-4-5-12-19(18)27(23(20)30)15-16-8-2-1-3-9-16/h1-13,20H,14-15H2,(H,25,28)(H,26,29)/t20-/m0/s1. The van der Waals surface area contributed by atoms with Crippen LogP contribution in [0, 0.1) is 0 Å². The highest BCUT2D eigenvalue weighted by Crippen LogP contribution is 2.36. The van der Waals surface area contributed by atoms with Crippen molar-refractivity contribution in [1.29, 1.82) is 0 Å². The predicted octanol–water partition coefficient (Wildman–Crippen LogP) is 2.10. The van der Waals surface area contributed by atoms with Crippen molar-refractivity contribution in [3.63, 3.8) is 0 Å². The summed E-state index contributed by atoms with van der Waals surface area (Å²) in [6.07, 6.45) is 1.61. The number of anilines is 1. The van der Waals surface area contributed by atoms with Crippen LogP contribution in [0.2, 0.25) is 0 Å². The Morgan fingerprint density at radius 3 is 2.40 bits per heavy atom. The number of amides is 3. The topological polar surface area (TPSA) is 91.4 Å². The number of aromatic nitrogens is 1. The monoisotopic (exact) mass is 400 g/mol. The van der Waals surface area contributed by atoms with Crippen molar-refractivity contribution in [2.45, 2.75) is 19.1 Å². The van der Waals surface area contributed by atoms with Gasteiger partial charge in [0.15, 0.2) is 0 Å². The molecule has 1 aliphatic heterocycles. The third kappa shape index (κ3) is 4.05. The number of pyridine rings is 1. The van der Waals surface area contributed by atoms with E-state index in [-0.39, 0.29) is 12.5 Å². The normalized spacial score (nSPS) is 14.9. The second kappa shape index (κ2) is 8.57. The second-order valence-corrected chi connectivity index (χ2v) is 6.88. The van der Waals surface area contributed by atoms with E-state index in [9.17, 15) is 14.4 Å². The third-order valence-electron chi connectivity index (χ3n) is 4.87. The molecule has 0 saturated heterocycles. The Labute approximate surface area is 173 Å². The molecule has 0 fully saturated rings. The van der Waals surface area contributed by atoms with Gasteiger partial charge in [-0.3, -0.25) is 19.4 Å². The number of carbonyl (C=O) groups is 3. The molecule has 1 aliphatic rings. The Hall–Kier alpha value is -4.00. The number of nitrogens with zero attached hydrogens (tertiary/aromatic N) is 2. The van der Waals surface area contributed by atoms with Gasteiger partial charge in [-0.2, -0.15) is 0 Å². The van der Waals surface area contributed by atoms with E-state index in [0.29, 0.717) is 17.8 Å². The van der Waals surface area contributed by atoms with Crippen molar-refractivity contribution < 1.29 is 14.4 Å². The van der Waals surface area contributed by atoms with E-state index in [1.165, 1.54) is 0 Å². The Kier molecular flexibility index (Phi) is 5.52. The highest BCUT2D eigenvalue weighted by molar-refractivity contribution is 6.35. The summed E-state index contributed by atoms with van der Waals surface area (Å²) in [5.41, 5.74) is 3.01. The molecule has 0 spiro atoms. The first kappa shape index (κ1) is 19.3. The van der Waals surface area contributed by atoms with Gasteiger partial charge in [0.2, 0.25) is 0 Å². The van der Waals surface area contributed by atoms with Gasteiger partial charge < -0.3 is 15.5 Å². The largest absolute Gasteiger partial charge is 0.342 e. The maximum Gasteiger partial charge on any atom is 0.310 e. The molecule has 0 unspecified atom stereocenters. The summed E-state index contributed by atoms with van der Waals surface area (Å²) >= 11 is 0. The summed E-state index contributed by atoms with van der Waals surface area (Å²) in [4.78, 5) is 43.4. The van der Waals surface area contributed by atoms with E-state index in [2.05, 4.69) is 15.6 Å².